The summed E-state index contributed by atoms with van der Waals surface area (Å²) in [6, 6.07) is 8.25. The minimum Gasteiger partial charge on any atom is -0.496 e. The highest BCUT2D eigenvalue weighted by atomic mass is 16.6. The van der Waals surface area contributed by atoms with Gasteiger partial charge in [0.25, 0.3) is 11.4 Å². The molecule has 2 aromatic rings. The molecule has 2 rings (SSSR count). The van der Waals surface area contributed by atoms with Gasteiger partial charge in [0.15, 0.2) is 0 Å². The van der Waals surface area contributed by atoms with E-state index < -0.39 is 27.7 Å². The lowest BCUT2D eigenvalue weighted by Gasteiger charge is -2.17. The van der Waals surface area contributed by atoms with Crippen LogP contribution in [0.2, 0.25) is 0 Å². The van der Waals surface area contributed by atoms with Gasteiger partial charge in [-0.05, 0) is 11.6 Å². The topological polar surface area (TPSA) is 168 Å². The fourth-order valence-electron chi connectivity index (χ4n) is 2.69. The summed E-state index contributed by atoms with van der Waals surface area (Å²) in [6.45, 7) is 0. The van der Waals surface area contributed by atoms with Gasteiger partial charge in [-0.1, -0.05) is 12.1 Å². The number of rotatable bonds is 9. The molecule has 0 bridgehead atoms. The number of carbonyl (C=O) groups is 2. The second-order valence-corrected chi connectivity index (χ2v) is 6.08. The minimum atomic E-state index is -1.16. The second-order valence-electron chi connectivity index (χ2n) is 6.08. The van der Waals surface area contributed by atoms with Crippen molar-refractivity contribution in [3.8, 4) is 5.75 Å². The van der Waals surface area contributed by atoms with Crippen molar-refractivity contribution in [1.82, 2.24) is 5.32 Å². The second kappa shape index (κ2) is 9.26. The molecule has 11 heteroatoms. The first kappa shape index (κ1) is 21.3. The number of nitrogens with two attached hydrogens (primary N) is 1. The van der Waals surface area contributed by atoms with Crippen molar-refractivity contribution < 1.29 is 24.2 Å². The molecule has 3 N–H and O–H groups in total. The lowest BCUT2D eigenvalue weighted by Crippen LogP contribution is -2.46. The van der Waals surface area contributed by atoms with Crippen molar-refractivity contribution in [2.45, 2.75) is 18.9 Å². The smallest absolute Gasteiger partial charge is 0.269 e. The number of primary amides is 1. The summed E-state index contributed by atoms with van der Waals surface area (Å²) in [7, 11) is 1.37. The average Bonchev–Trinajstić information content (AvgIpc) is 2.67. The lowest BCUT2D eigenvalue weighted by atomic mass is 10.0. The number of methoxy groups -OCH3 is 1. The summed E-state index contributed by atoms with van der Waals surface area (Å²) in [4.78, 5) is 44.7. The van der Waals surface area contributed by atoms with Gasteiger partial charge in [0.2, 0.25) is 11.8 Å². The first-order chi connectivity index (χ1) is 13.7. The van der Waals surface area contributed by atoms with Gasteiger partial charge in [-0.15, -0.1) is 0 Å². The summed E-state index contributed by atoms with van der Waals surface area (Å²) in [5.74, 6) is -1.13. The molecule has 2 amide bonds. The van der Waals surface area contributed by atoms with Crippen molar-refractivity contribution in [1.29, 1.82) is 0 Å². The number of non-ortho nitro benzene ring substituents is 2. The molecule has 0 saturated heterocycles. The molecule has 29 heavy (non-hydrogen) atoms. The van der Waals surface area contributed by atoms with Crippen LogP contribution in [0.4, 0.5) is 11.4 Å². The van der Waals surface area contributed by atoms with E-state index in [0.717, 1.165) is 0 Å². The van der Waals surface area contributed by atoms with Gasteiger partial charge in [-0.25, -0.2) is 0 Å². The third kappa shape index (κ3) is 5.73. The quantitative estimate of drug-likeness (QED) is 0.470. The van der Waals surface area contributed by atoms with Crippen molar-refractivity contribution in [2.75, 3.05) is 7.11 Å². The van der Waals surface area contributed by atoms with Crippen LogP contribution in [-0.2, 0) is 22.4 Å². The third-order valence-electron chi connectivity index (χ3n) is 4.06. The zero-order valence-electron chi connectivity index (χ0n) is 15.4. The van der Waals surface area contributed by atoms with E-state index in [2.05, 4.69) is 5.32 Å². The maximum Gasteiger partial charge on any atom is 0.269 e. The first-order valence-electron chi connectivity index (χ1n) is 8.34. The van der Waals surface area contributed by atoms with Gasteiger partial charge >= 0.3 is 0 Å². The summed E-state index contributed by atoms with van der Waals surface area (Å²) in [6.07, 6.45) is -0.335. The van der Waals surface area contributed by atoms with E-state index in [1.807, 2.05) is 0 Å². The highest BCUT2D eigenvalue weighted by molar-refractivity contribution is 5.87. The van der Waals surface area contributed by atoms with Crippen molar-refractivity contribution in [3.63, 3.8) is 0 Å². The number of nitrogens with zero attached hydrogens (tertiary/aromatic N) is 2. The highest BCUT2D eigenvalue weighted by Crippen LogP contribution is 2.25. The number of ether oxygens (including phenoxy) is 1. The highest BCUT2D eigenvalue weighted by Gasteiger charge is 2.22. The van der Waals surface area contributed by atoms with Crippen LogP contribution in [0.25, 0.3) is 0 Å². The summed E-state index contributed by atoms with van der Waals surface area (Å²) >= 11 is 0. The van der Waals surface area contributed by atoms with Crippen LogP contribution < -0.4 is 15.8 Å². The van der Waals surface area contributed by atoms with Gasteiger partial charge in [0, 0.05) is 36.2 Å². The van der Waals surface area contributed by atoms with E-state index in [0.29, 0.717) is 16.9 Å². The standard InChI is InChI=1S/C18H18N4O7/c1-29-16-6-5-14(22(27)28)9-12(16)10-15(18(19)24)20-17(23)8-11-3-2-4-13(7-11)21(25)26/h2-7,9,15H,8,10H2,1H3,(H2,19,24)(H,20,23)/t15-/m0/s1. The average molecular weight is 402 g/mol. The van der Waals surface area contributed by atoms with Crippen LogP contribution in [0.3, 0.4) is 0 Å². The Labute approximate surface area is 164 Å². The third-order valence-corrected chi connectivity index (χ3v) is 4.06. The Morgan fingerprint density at radius 1 is 1.10 bits per heavy atom. The van der Waals surface area contributed by atoms with E-state index in [9.17, 15) is 29.8 Å². The van der Waals surface area contributed by atoms with Crippen LogP contribution in [-0.4, -0.2) is 34.8 Å². The maximum atomic E-state index is 12.3. The molecular weight excluding hydrogens is 384 g/mol. The van der Waals surface area contributed by atoms with E-state index in [1.165, 1.54) is 49.6 Å². The molecule has 0 spiro atoms. The predicted octanol–water partition coefficient (Wildman–Crippen LogP) is 1.27. The predicted molar refractivity (Wildman–Crippen MR) is 101 cm³/mol. The molecule has 0 saturated carbocycles. The summed E-state index contributed by atoms with van der Waals surface area (Å²) < 4.78 is 5.15. The Hall–Kier alpha value is -4.02. The minimum absolute atomic E-state index is 0.124. The van der Waals surface area contributed by atoms with Crippen LogP contribution in [0.15, 0.2) is 42.5 Å². The molecule has 2 aromatic carbocycles. The molecule has 0 aliphatic carbocycles. The zero-order valence-corrected chi connectivity index (χ0v) is 15.4. The molecule has 0 radical (unpaired) electrons. The van der Waals surface area contributed by atoms with Crippen LogP contribution >= 0.6 is 0 Å². The maximum absolute atomic E-state index is 12.3. The van der Waals surface area contributed by atoms with Gasteiger partial charge < -0.3 is 15.8 Å². The number of nitrogens with one attached hydrogen (secondary N) is 1. The lowest BCUT2D eigenvalue weighted by molar-refractivity contribution is -0.385. The largest absolute Gasteiger partial charge is 0.496 e. The Bertz CT molecular complexity index is 961. The Balaban J connectivity index is 2.16. The van der Waals surface area contributed by atoms with Crippen molar-refractivity contribution >= 4 is 23.2 Å². The number of carbonyl (C=O) groups excluding carboxylic acids is 2. The molecular formula is C18H18N4O7. The normalized spacial score (nSPS) is 11.3. The van der Waals surface area contributed by atoms with Gasteiger partial charge in [0.1, 0.15) is 11.8 Å². The Morgan fingerprint density at radius 3 is 2.34 bits per heavy atom. The SMILES string of the molecule is COc1ccc([N+](=O)[O-])cc1C[C@H](NC(=O)Cc1cccc([N+](=O)[O-])c1)C(N)=O. The van der Waals surface area contributed by atoms with Crippen molar-refractivity contribution in [2.24, 2.45) is 5.73 Å². The molecule has 152 valence electrons. The fourth-order valence-corrected chi connectivity index (χ4v) is 2.69. The van der Waals surface area contributed by atoms with Crippen LogP contribution in [0, 0.1) is 20.2 Å². The summed E-state index contributed by atoms with van der Waals surface area (Å²) in [5, 5.41) is 24.3. The Kier molecular flexibility index (Phi) is 6.80. The molecule has 0 unspecified atom stereocenters. The van der Waals surface area contributed by atoms with E-state index >= 15 is 0 Å². The van der Waals surface area contributed by atoms with Gasteiger partial charge in [-0.3, -0.25) is 29.8 Å². The Morgan fingerprint density at radius 2 is 1.76 bits per heavy atom. The molecule has 0 aliphatic heterocycles. The first-order valence-corrected chi connectivity index (χ1v) is 8.34. The number of nitro groups is 2. The fraction of sp³-hybridized carbons (Fsp3) is 0.222. The van der Waals surface area contributed by atoms with E-state index in [1.54, 1.807) is 0 Å². The van der Waals surface area contributed by atoms with Crippen LogP contribution in [0.5, 0.6) is 5.75 Å². The number of hydrogen-bond acceptors (Lipinski definition) is 7. The number of hydrogen-bond donors (Lipinski definition) is 2. The molecule has 0 aliphatic rings. The molecule has 1 atom stereocenters. The molecule has 0 aromatic heterocycles. The van der Waals surface area contributed by atoms with Crippen molar-refractivity contribution in [3.05, 3.63) is 73.8 Å². The van der Waals surface area contributed by atoms with Gasteiger partial charge in [0.05, 0.1) is 23.4 Å². The number of benzene rings is 2. The van der Waals surface area contributed by atoms with Crippen LogP contribution in [0.1, 0.15) is 11.1 Å². The molecule has 0 heterocycles. The number of nitro benzene ring substituents is 2. The number of amides is 2. The zero-order chi connectivity index (χ0) is 21.6. The molecule has 11 nitrogen and oxygen atoms in total. The molecule has 0 fully saturated rings. The van der Waals surface area contributed by atoms with E-state index in [-0.39, 0.29) is 24.2 Å². The monoisotopic (exact) mass is 402 g/mol. The summed E-state index contributed by atoms with van der Waals surface area (Å²) in [5.41, 5.74) is 5.70. The van der Waals surface area contributed by atoms with Gasteiger partial charge in [-0.2, -0.15) is 0 Å². The van der Waals surface area contributed by atoms with E-state index in [4.69, 9.17) is 10.5 Å².